The van der Waals surface area contributed by atoms with E-state index in [1.54, 1.807) is 20.8 Å². The Labute approximate surface area is 374 Å². The Morgan fingerprint density at radius 3 is 1.16 bits per heavy atom. The molecular weight excluding hydrogens is 771 g/mol. The van der Waals surface area contributed by atoms with Gasteiger partial charge in [-0.1, -0.05) is 200 Å². The number of ketones is 1. The molecule has 1 N–H and O–H groups in total. The van der Waals surface area contributed by atoms with Gasteiger partial charge in [0.25, 0.3) is 0 Å². The zero-order chi connectivity index (χ0) is 45.2. The van der Waals surface area contributed by atoms with Crippen LogP contribution in [0.25, 0.3) is 0 Å². The van der Waals surface area contributed by atoms with Crippen molar-refractivity contribution in [2.24, 2.45) is 0 Å². The van der Waals surface area contributed by atoms with E-state index >= 15 is 0 Å². The first-order valence-electron chi connectivity index (χ1n) is 25.4. The second-order valence-electron chi connectivity index (χ2n) is 18.6. The third kappa shape index (κ3) is 42.4. The molecule has 2 unspecified atom stereocenters. The highest BCUT2D eigenvalue weighted by atomic mass is 16.6. The molecule has 0 spiro atoms. The van der Waals surface area contributed by atoms with Gasteiger partial charge in [0, 0.05) is 19.3 Å². The summed E-state index contributed by atoms with van der Waals surface area (Å²) in [6.07, 6.45) is 37.2. The van der Waals surface area contributed by atoms with Gasteiger partial charge >= 0.3 is 24.0 Å². The van der Waals surface area contributed by atoms with Gasteiger partial charge in [0.2, 0.25) is 0 Å². The van der Waals surface area contributed by atoms with Crippen LogP contribution in [-0.4, -0.2) is 60.7 Å². The molecule has 0 fully saturated rings. The van der Waals surface area contributed by atoms with Crippen LogP contribution < -0.4 is 5.32 Å². The van der Waals surface area contributed by atoms with Gasteiger partial charge in [0.05, 0.1) is 0 Å². The lowest BCUT2D eigenvalue weighted by Crippen LogP contribution is -2.45. The maximum atomic E-state index is 13.1. The van der Waals surface area contributed by atoms with Gasteiger partial charge in [-0.3, -0.25) is 9.59 Å². The summed E-state index contributed by atoms with van der Waals surface area (Å²) < 4.78 is 22.0. The van der Waals surface area contributed by atoms with E-state index in [9.17, 15) is 24.0 Å². The van der Waals surface area contributed by atoms with Crippen LogP contribution in [0.3, 0.4) is 0 Å². The monoisotopic (exact) mass is 866 g/mol. The van der Waals surface area contributed by atoms with Gasteiger partial charge < -0.3 is 29.1 Å². The van der Waals surface area contributed by atoms with E-state index in [1.807, 2.05) is 0 Å². The topological polar surface area (TPSA) is 134 Å². The maximum Gasteiger partial charge on any atom is 0.408 e. The van der Waals surface area contributed by atoms with Gasteiger partial charge in [0.15, 0.2) is 6.10 Å². The molecule has 0 radical (unpaired) electrons. The molecule has 0 heterocycles. The Hall–Kier alpha value is -2.65. The molecule has 10 heteroatoms. The standard InChI is InChI=1S/C51H95NO9/c1-7-9-11-13-15-17-19-21-23-25-27-29-31-33-35-37-39-48(55)60-45(43-59-49(56)46(41-40-44(3)53)52-50(57)61-51(4,5)6)42-58-47(54)38-36-34-32-30-28-26-24-22-20-18-16-14-12-10-8-2/h45-46H,7-43H2,1-6H3,(H,52,57). The molecule has 0 aliphatic carbocycles. The van der Waals surface area contributed by atoms with E-state index < -0.39 is 35.8 Å². The summed E-state index contributed by atoms with van der Waals surface area (Å²) in [5.41, 5.74) is -0.791. The Kier molecular flexibility index (Phi) is 39.6. The van der Waals surface area contributed by atoms with Crippen LogP contribution in [0.1, 0.15) is 266 Å². The first kappa shape index (κ1) is 58.4. The smallest absolute Gasteiger partial charge is 0.408 e. The second-order valence-corrected chi connectivity index (χ2v) is 18.6. The van der Waals surface area contributed by atoms with Gasteiger partial charge in [-0.2, -0.15) is 0 Å². The molecular formula is C51H95NO9. The average molecular weight is 866 g/mol. The van der Waals surface area contributed by atoms with Crippen LogP contribution in [0, 0.1) is 0 Å². The van der Waals surface area contributed by atoms with Gasteiger partial charge in [-0.05, 0) is 47.0 Å². The number of carbonyl (C=O) groups excluding carboxylic acids is 5. The van der Waals surface area contributed by atoms with Crippen molar-refractivity contribution >= 4 is 29.8 Å². The van der Waals surface area contributed by atoms with Crippen LogP contribution >= 0.6 is 0 Å². The number of hydrogen-bond acceptors (Lipinski definition) is 9. The number of nitrogens with one attached hydrogen (secondary N) is 1. The summed E-state index contributed by atoms with van der Waals surface area (Å²) in [7, 11) is 0. The number of rotatable bonds is 43. The Morgan fingerprint density at radius 1 is 0.459 bits per heavy atom. The molecule has 0 aliphatic rings. The summed E-state index contributed by atoms with van der Waals surface area (Å²) in [5.74, 6) is -1.77. The van der Waals surface area contributed by atoms with Crippen LogP contribution in [0.5, 0.6) is 0 Å². The summed E-state index contributed by atoms with van der Waals surface area (Å²) in [6.45, 7) is 10.4. The molecule has 0 aromatic rings. The lowest BCUT2D eigenvalue weighted by Gasteiger charge is -2.23. The van der Waals surface area contributed by atoms with E-state index in [2.05, 4.69) is 19.2 Å². The number of alkyl carbamates (subject to hydrolysis) is 1. The number of esters is 3. The van der Waals surface area contributed by atoms with Crippen LogP contribution in [-0.2, 0) is 38.1 Å². The van der Waals surface area contributed by atoms with Crippen LogP contribution in [0.2, 0.25) is 0 Å². The van der Waals surface area contributed by atoms with Crippen molar-refractivity contribution in [2.45, 2.75) is 284 Å². The minimum atomic E-state index is -1.15. The summed E-state index contributed by atoms with van der Waals surface area (Å²) in [5, 5.41) is 2.50. The minimum absolute atomic E-state index is 0.0192. The lowest BCUT2D eigenvalue weighted by molar-refractivity contribution is -0.167. The molecule has 0 saturated carbocycles. The first-order chi connectivity index (χ1) is 29.4. The van der Waals surface area contributed by atoms with E-state index in [0.29, 0.717) is 6.42 Å². The largest absolute Gasteiger partial charge is 0.462 e. The number of hydrogen-bond donors (Lipinski definition) is 1. The number of Topliss-reactive ketones (excluding diaryl/α,β-unsaturated/α-hetero) is 1. The third-order valence-electron chi connectivity index (χ3n) is 11.1. The van der Waals surface area contributed by atoms with E-state index in [1.165, 1.54) is 161 Å². The Morgan fingerprint density at radius 2 is 0.803 bits per heavy atom. The number of unbranched alkanes of at least 4 members (excludes halogenated alkanes) is 29. The van der Waals surface area contributed by atoms with Crippen molar-refractivity contribution in [3.05, 3.63) is 0 Å². The predicted molar refractivity (Wildman–Crippen MR) is 249 cm³/mol. The van der Waals surface area contributed by atoms with Crippen LogP contribution in [0.15, 0.2) is 0 Å². The average Bonchev–Trinajstić information content (AvgIpc) is 3.20. The molecule has 0 rings (SSSR count). The molecule has 0 aliphatic heterocycles. The summed E-state index contributed by atoms with van der Waals surface area (Å²) >= 11 is 0. The highest BCUT2D eigenvalue weighted by Gasteiger charge is 2.28. The van der Waals surface area contributed by atoms with Crippen molar-refractivity contribution in [2.75, 3.05) is 13.2 Å². The predicted octanol–water partition coefficient (Wildman–Crippen LogP) is 14.2. The highest BCUT2D eigenvalue weighted by molar-refractivity contribution is 5.83. The molecule has 0 saturated heterocycles. The maximum absolute atomic E-state index is 13.1. The molecule has 0 aromatic carbocycles. The van der Waals surface area contributed by atoms with Crippen molar-refractivity contribution < 1.29 is 42.9 Å². The van der Waals surface area contributed by atoms with E-state index in [-0.39, 0.29) is 50.6 Å². The van der Waals surface area contributed by atoms with E-state index in [4.69, 9.17) is 18.9 Å². The van der Waals surface area contributed by atoms with Gasteiger partial charge in [-0.25, -0.2) is 9.59 Å². The summed E-state index contributed by atoms with van der Waals surface area (Å²) in [4.78, 5) is 62.9. The minimum Gasteiger partial charge on any atom is -0.462 e. The molecule has 10 nitrogen and oxygen atoms in total. The van der Waals surface area contributed by atoms with Crippen molar-refractivity contribution in [3.8, 4) is 0 Å². The first-order valence-corrected chi connectivity index (χ1v) is 25.4. The molecule has 61 heavy (non-hydrogen) atoms. The molecule has 1 amide bonds. The Balaban J connectivity index is 4.71. The fourth-order valence-corrected chi connectivity index (χ4v) is 7.40. The van der Waals surface area contributed by atoms with Gasteiger partial charge in [0.1, 0.15) is 30.6 Å². The number of carbonyl (C=O) groups is 5. The Bertz CT molecular complexity index is 1090. The second kappa shape index (κ2) is 41.4. The fraction of sp³-hybridized carbons (Fsp3) is 0.902. The van der Waals surface area contributed by atoms with E-state index in [0.717, 1.165) is 38.5 Å². The molecule has 0 aromatic heterocycles. The van der Waals surface area contributed by atoms with Gasteiger partial charge in [-0.15, -0.1) is 0 Å². The fourth-order valence-electron chi connectivity index (χ4n) is 7.40. The zero-order valence-electron chi connectivity index (χ0n) is 40.5. The SMILES string of the molecule is CCCCCCCCCCCCCCCCCCC(=O)OC(COC(=O)CCCCCCCCCCCCCCCCC)COC(=O)C(CCC(C)=O)NC(=O)OC(C)(C)C. The van der Waals surface area contributed by atoms with Crippen molar-refractivity contribution in [3.63, 3.8) is 0 Å². The van der Waals surface area contributed by atoms with Crippen molar-refractivity contribution in [1.82, 2.24) is 5.32 Å². The number of amides is 1. The molecule has 358 valence electrons. The zero-order valence-corrected chi connectivity index (χ0v) is 40.5. The highest BCUT2D eigenvalue weighted by Crippen LogP contribution is 2.17. The summed E-state index contributed by atoms with van der Waals surface area (Å²) in [6, 6.07) is -1.15. The molecule has 0 bridgehead atoms. The third-order valence-corrected chi connectivity index (χ3v) is 11.1. The normalized spacial score (nSPS) is 12.4. The van der Waals surface area contributed by atoms with Crippen LogP contribution in [0.4, 0.5) is 4.79 Å². The lowest BCUT2D eigenvalue weighted by atomic mass is 10.0. The molecule has 2 atom stereocenters. The number of ether oxygens (including phenoxy) is 4. The van der Waals surface area contributed by atoms with Crippen molar-refractivity contribution in [1.29, 1.82) is 0 Å². The quantitative estimate of drug-likeness (QED) is 0.0361.